The second kappa shape index (κ2) is 26.1. The number of methoxy groups -OCH3 is 1. The van der Waals surface area contributed by atoms with E-state index in [0.717, 1.165) is 18.4 Å². The summed E-state index contributed by atoms with van der Waals surface area (Å²) >= 11 is 0. The predicted molar refractivity (Wildman–Crippen MR) is 173 cm³/mol. The summed E-state index contributed by atoms with van der Waals surface area (Å²) in [5.74, 6) is 0.279. The molecule has 0 saturated heterocycles. The van der Waals surface area contributed by atoms with Gasteiger partial charge in [-0.25, -0.2) is 4.57 Å². The summed E-state index contributed by atoms with van der Waals surface area (Å²) in [6, 6.07) is 7.25. The van der Waals surface area contributed by atoms with Crippen molar-refractivity contribution in [1.82, 2.24) is 0 Å². The van der Waals surface area contributed by atoms with Gasteiger partial charge in [0.15, 0.2) is 0 Å². The van der Waals surface area contributed by atoms with E-state index in [1.807, 2.05) is 12.1 Å². The van der Waals surface area contributed by atoms with Crippen LogP contribution in [0, 0.1) is 0 Å². The van der Waals surface area contributed by atoms with E-state index in [-0.39, 0.29) is 26.2 Å². The van der Waals surface area contributed by atoms with E-state index >= 15 is 0 Å². The van der Waals surface area contributed by atoms with Crippen molar-refractivity contribution in [3.05, 3.63) is 40.3 Å². The Kier molecular flexibility index (Phi) is 23.7. The fraction of sp³-hybridized carbons (Fsp3) is 0.781. The number of hydrogen-bond acceptors (Lipinski definition) is 9. The zero-order valence-corrected chi connectivity index (χ0v) is 28.3. The van der Waals surface area contributed by atoms with Gasteiger partial charge in [0.2, 0.25) is 0 Å². The van der Waals surface area contributed by atoms with E-state index < -0.39 is 26.0 Å². The largest absolute Gasteiger partial charge is 0.497 e. The van der Waals surface area contributed by atoms with Crippen LogP contribution < -0.4 is 4.74 Å². The van der Waals surface area contributed by atoms with Gasteiger partial charge >= 0.3 is 13.8 Å². The summed E-state index contributed by atoms with van der Waals surface area (Å²) in [6.45, 7) is 1.92. The van der Waals surface area contributed by atoms with E-state index in [0.29, 0.717) is 12.2 Å². The SMILES string of the molecule is CCCCCCCCCCCCCCCCCC(=O)OC(CN=[N+]=[N-])C(COP(=O)(OC)OC)OCc1ccc(OC)cc1. The lowest BCUT2D eigenvalue weighted by atomic mass is 10.0. The average molecular weight is 642 g/mol. The molecule has 0 aromatic heterocycles. The summed E-state index contributed by atoms with van der Waals surface area (Å²) in [5, 5.41) is 3.60. The zero-order valence-electron chi connectivity index (χ0n) is 27.5. The highest BCUT2D eigenvalue weighted by molar-refractivity contribution is 7.48. The fourth-order valence-corrected chi connectivity index (χ4v) is 5.44. The van der Waals surface area contributed by atoms with Gasteiger partial charge < -0.3 is 14.2 Å². The molecule has 44 heavy (non-hydrogen) atoms. The monoisotopic (exact) mass is 641 g/mol. The molecule has 0 fully saturated rings. The number of hydrogen-bond donors (Lipinski definition) is 0. The minimum absolute atomic E-state index is 0.131. The molecule has 1 rings (SSSR count). The molecule has 0 spiro atoms. The van der Waals surface area contributed by atoms with Crippen LogP contribution in [0.15, 0.2) is 29.4 Å². The van der Waals surface area contributed by atoms with Gasteiger partial charge in [0, 0.05) is 25.6 Å². The molecule has 0 N–H and O–H groups in total. The lowest BCUT2D eigenvalue weighted by molar-refractivity contribution is -0.159. The molecular weight excluding hydrogens is 585 g/mol. The van der Waals surface area contributed by atoms with Crippen LogP contribution >= 0.6 is 7.82 Å². The molecule has 2 unspecified atom stereocenters. The summed E-state index contributed by atoms with van der Waals surface area (Å²) in [7, 11) is 0.154. The number of rotatable bonds is 29. The van der Waals surface area contributed by atoms with E-state index in [1.54, 1.807) is 19.2 Å². The van der Waals surface area contributed by atoms with Gasteiger partial charge in [0.1, 0.15) is 18.0 Å². The molecule has 0 bridgehead atoms. The Labute approximate surface area is 264 Å². The number of phosphoric acid groups is 1. The molecule has 11 nitrogen and oxygen atoms in total. The molecule has 0 saturated carbocycles. The van der Waals surface area contributed by atoms with Crippen molar-refractivity contribution in [1.29, 1.82) is 0 Å². The maximum Gasteiger partial charge on any atom is 0.474 e. The first kappa shape index (κ1) is 39.9. The fourth-order valence-electron chi connectivity index (χ4n) is 4.75. The minimum atomic E-state index is -3.83. The van der Waals surface area contributed by atoms with Gasteiger partial charge in [-0.3, -0.25) is 18.4 Å². The Morgan fingerprint density at radius 1 is 0.818 bits per heavy atom. The number of nitrogens with zero attached hydrogens (tertiary/aromatic N) is 3. The molecule has 1 aromatic rings. The second-order valence-corrected chi connectivity index (χ2v) is 12.8. The van der Waals surface area contributed by atoms with Crippen LogP contribution in [0.5, 0.6) is 5.75 Å². The van der Waals surface area contributed by atoms with Gasteiger partial charge in [0.25, 0.3) is 0 Å². The van der Waals surface area contributed by atoms with E-state index in [2.05, 4.69) is 16.9 Å². The topological polar surface area (TPSA) is 138 Å². The molecule has 0 aliphatic heterocycles. The Morgan fingerprint density at radius 3 is 1.82 bits per heavy atom. The first-order valence-electron chi connectivity index (χ1n) is 16.2. The molecule has 0 aliphatic carbocycles. The number of unbranched alkanes of at least 4 members (excludes halogenated alkanes) is 14. The van der Waals surface area contributed by atoms with Gasteiger partial charge in [-0.1, -0.05) is 114 Å². The third-order valence-electron chi connectivity index (χ3n) is 7.47. The number of benzene rings is 1. The van der Waals surface area contributed by atoms with Gasteiger partial charge in [-0.2, -0.15) is 0 Å². The summed E-state index contributed by atoms with van der Waals surface area (Å²) in [6.07, 6.45) is 17.0. The maximum absolute atomic E-state index is 12.7. The highest BCUT2D eigenvalue weighted by atomic mass is 31.2. The number of carbonyl (C=O) groups excluding carboxylic acids is 1. The van der Waals surface area contributed by atoms with E-state index in [9.17, 15) is 9.36 Å². The molecule has 1 aromatic carbocycles. The van der Waals surface area contributed by atoms with Gasteiger partial charge in [-0.15, -0.1) is 0 Å². The third kappa shape index (κ3) is 19.3. The molecule has 0 amide bonds. The van der Waals surface area contributed by atoms with Crippen LogP contribution in [-0.4, -0.2) is 52.7 Å². The van der Waals surface area contributed by atoms with Crippen LogP contribution in [0.1, 0.15) is 115 Å². The van der Waals surface area contributed by atoms with Crippen molar-refractivity contribution in [2.45, 2.75) is 128 Å². The Morgan fingerprint density at radius 2 is 1.34 bits per heavy atom. The molecule has 2 atom stereocenters. The summed E-state index contributed by atoms with van der Waals surface area (Å²) < 4.78 is 44.5. The first-order valence-corrected chi connectivity index (χ1v) is 17.7. The van der Waals surface area contributed by atoms with Crippen LogP contribution in [0.3, 0.4) is 0 Å². The Bertz CT molecular complexity index is 951. The molecular formula is C32H56N3O8P. The molecule has 12 heteroatoms. The van der Waals surface area contributed by atoms with Crippen LogP contribution in [0.4, 0.5) is 0 Å². The van der Waals surface area contributed by atoms with Crippen molar-refractivity contribution >= 4 is 13.8 Å². The predicted octanol–water partition coefficient (Wildman–Crippen LogP) is 9.48. The smallest absolute Gasteiger partial charge is 0.474 e. The number of azide groups is 1. The summed E-state index contributed by atoms with van der Waals surface area (Å²) in [5.41, 5.74) is 9.75. The molecule has 0 heterocycles. The summed E-state index contributed by atoms with van der Waals surface area (Å²) in [4.78, 5) is 15.6. The number of carbonyl (C=O) groups is 1. The highest BCUT2D eigenvalue weighted by Gasteiger charge is 2.31. The molecule has 0 radical (unpaired) electrons. The van der Waals surface area contributed by atoms with Gasteiger partial charge in [0.05, 0.1) is 26.9 Å². The number of esters is 1. The van der Waals surface area contributed by atoms with Crippen molar-refractivity contribution in [3.63, 3.8) is 0 Å². The van der Waals surface area contributed by atoms with Crippen LogP contribution in [0.25, 0.3) is 10.4 Å². The lowest BCUT2D eigenvalue weighted by Crippen LogP contribution is -2.39. The average Bonchev–Trinajstić information content (AvgIpc) is 3.05. The maximum atomic E-state index is 12.7. The Hall–Kier alpha value is -2.13. The van der Waals surface area contributed by atoms with Gasteiger partial charge in [-0.05, 0) is 29.6 Å². The first-order chi connectivity index (χ1) is 21.4. The normalized spacial score (nSPS) is 12.8. The van der Waals surface area contributed by atoms with E-state index in [1.165, 1.54) is 91.3 Å². The quantitative estimate of drug-likeness (QED) is 0.0210. The van der Waals surface area contributed by atoms with Crippen LogP contribution in [0.2, 0.25) is 0 Å². The van der Waals surface area contributed by atoms with Crippen molar-refractivity contribution in [3.8, 4) is 5.75 Å². The van der Waals surface area contributed by atoms with Crippen molar-refractivity contribution in [2.24, 2.45) is 5.11 Å². The molecule has 252 valence electrons. The second-order valence-electron chi connectivity index (χ2n) is 10.9. The Balaban J connectivity index is 2.49. The number of phosphoric ester groups is 1. The molecule has 0 aliphatic rings. The third-order valence-corrected chi connectivity index (χ3v) is 8.83. The zero-order chi connectivity index (χ0) is 32.3. The standard InChI is InChI=1S/C32H56N3O8P/c1-5-6-7-8-9-10-11-12-13-14-15-16-17-18-19-20-32(36)43-30(25-34-35-33)31(27-42-44(37,39-3)40-4)41-26-28-21-23-29(38-2)24-22-28/h21-24,30-31H,5-20,25-27H2,1-4H3. The highest BCUT2D eigenvalue weighted by Crippen LogP contribution is 2.47. The van der Waals surface area contributed by atoms with Crippen LogP contribution in [-0.2, 0) is 39.0 Å². The lowest BCUT2D eigenvalue weighted by Gasteiger charge is -2.27. The van der Waals surface area contributed by atoms with Crippen molar-refractivity contribution in [2.75, 3.05) is 34.5 Å². The van der Waals surface area contributed by atoms with E-state index in [4.69, 9.17) is 33.3 Å². The number of ether oxygens (including phenoxy) is 3. The minimum Gasteiger partial charge on any atom is -0.497 e. The van der Waals surface area contributed by atoms with Crippen molar-refractivity contribution < 1.29 is 37.1 Å².